The lowest BCUT2D eigenvalue weighted by Gasteiger charge is -2.09. The van der Waals surface area contributed by atoms with Crippen molar-refractivity contribution in [3.8, 4) is 5.75 Å². The summed E-state index contributed by atoms with van der Waals surface area (Å²) in [5.74, 6) is 0.0815. The maximum Gasteiger partial charge on any atom is 0.303 e. The predicted molar refractivity (Wildman–Crippen MR) is 68.1 cm³/mol. The van der Waals surface area contributed by atoms with Gasteiger partial charge in [0.05, 0.1) is 6.10 Å². The van der Waals surface area contributed by atoms with Gasteiger partial charge in [-0.25, -0.2) is 0 Å². The first-order chi connectivity index (χ1) is 8.08. The molecule has 1 rings (SSSR count). The molecule has 0 fully saturated rings. The first kappa shape index (κ1) is 13.3. The lowest BCUT2D eigenvalue weighted by Crippen LogP contribution is -2.05. The van der Waals surface area contributed by atoms with Crippen LogP contribution in [0, 0.1) is 0 Å². The molecule has 1 aromatic rings. The maximum atomic E-state index is 10.3. The molecule has 0 atom stereocenters. The first-order valence-corrected chi connectivity index (χ1v) is 5.73. The Morgan fingerprint density at radius 2 is 2.00 bits per heavy atom. The van der Waals surface area contributed by atoms with E-state index in [0.29, 0.717) is 6.42 Å². The van der Waals surface area contributed by atoms with Crippen LogP contribution in [-0.2, 0) is 4.79 Å². The topological polar surface area (TPSA) is 46.5 Å². The summed E-state index contributed by atoms with van der Waals surface area (Å²) in [6.45, 7) is 3.97. The van der Waals surface area contributed by atoms with Gasteiger partial charge in [-0.3, -0.25) is 4.79 Å². The summed E-state index contributed by atoms with van der Waals surface area (Å²) in [5.41, 5.74) is 1.05. The molecule has 0 bridgehead atoms. The summed E-state index contributed by atoms with van der Waals surface area (Å²) in [5, 5.41) is 8.48. The van der Waals surface area contributed by atoms with E-state index in [1.807, 2.05) is 50.3 Å². The van der Waals surface area contributed by atoms with Crippen molar-refractivity contribution in [2.24, 2.45) is 0 Å². The molecule has 0 saturated heterocycles. The SMILES string of the molecule is CC(C)Oc1ccc(C=CCCC(=O)O)cc1. The number of hydrogen-bond acceptors (Lipinski definition) is 2. The van der Waals surface area contributed by atoms with Crippen LogP contribution in [0.4, 0.5) is 0 Å². The Morgan fingerprint density at radius 3 is 2.53 bits per heavy atom. The number of carbonyl (C=O) groups is 1. The van der Waals surface area contributed by atoms with Gasteiger partial charge >= 0.3 is 5.97 Å². The fraction of sp³-hybridized carbons (Fsp3) is 0.357. The Bertz CT molecular complexity index is 377. The highest BCUT2D eigenvalue weighted by Gasteiger charge is 1.96. The van der Waals surface area contributed by atoms with Gasteiger partial charge in [0, 0.05) is 6.42 Å². The monoisotopic (exact) mass is 234 g/mol. The maximum absolute atomic E-state index is 10.3. The number of aliphatic carboxylic acids is 1. The molecule has 0 aliphatic heterocycles. The molecule has 92 valence electrons. The Hall–Kier alpha value is -1.77. The number of carboxylic acid groups (broad SMARTS) is 1. The normalized spacial score (nSPS) is 11.0. The van der Waals surface area contributed by atoms with E-state index in [-0.39, 0.29) is 12.5 Å². The lowest BCUT2D eigenvalue weighted by atomic mass is 10.2. The van der Waals surface area contributed by atoms with Gasteiger partial charge in [-0.05, 0) is 38.0 Å². The molecule has 0 amide bonds. The molecule has 0 aromatic heterocycles. The fourth-order valence-corrected chi connectivity index (χ4v) is 1.36. The molecule has 0 heterocycles. The van der Waals surface area contributed by atoms with Crippen LogP contribution < -0.4 is 4.74 Å². The molecule has 17 heavy (non-hydrogen) atoms. The smallest absolute Gasteiger partial charge is 0.303 e. The second-order valence-electron chi connectivity index (χ2n) is 4.07. The number of hydrogen-bond donors (Lipinski definition) is 1. The van der Waals surface area contributed by atoms with Gasteiger partial charge in [-0.2, -0.15) is 0 Å². The highest BCUT2D eigenvalue weighted by molar-refractivity contribution is 5.67. The van der Waals surface area contributed by atoms with Crippen molar-refractivity contribution < 1.29 is 14.6 Å². The van der Waals surface area contributed by atoms with Gasteiger partial charge in [0.15, 0.2) is 0 Å². The summed E-state index contributed by atoms with van der Waals surface area (Å²) in [4.78, 5) is 10.3. The van der Waals surface area contributed by atoms with Crippen LogP contribution in [-0.4, -0.2) is 17.2 Å². The van der Waals surface area contributed by atoms with Crippen molar-refractivity contribution in [1.29, 1.82) is 0 Å². The second-order valence-corrected chi connectivity index (χ2v) is 4.07. The molecule has 0 saturated carbocycles. The summed E-state index contributed by atoms with van der Waals surface area (Å²) in [6, 6.07) is 7.73. The average molecular weight is 234 g/mol. The van der Waals surface area contributed by atoms with Crippen LogP contribution in [0.25, 0.3) is 6.08 Å². The molecule has 1 N–H and O–H groups in total. The van der Waals surface area contributed by atoms with E-state index < -0.39 is 5.97 Å². The minimum atomic E-state index is -0.768. The van der Waals surface area contributed by atoms with E-state index >= 15 is 0 Å². The molecule has 0 aliphatic carbocycles. The van der Waals surface area contributed by atoms with Crippen LogP contribution in [0.3, 0.4) is 0 Å². The molecule has 3 heteroatoms. The van der Waals surface area contributed by atoms with E-state index in [9.17, 15) is 4.79 Å². The molecule has 0 unspecified atom stereocenters. The van der Waals surface area contributed by atoms with E-state index in [0.717, 1.165) is 11.3 Å². The second kappa shape index (κ2) is 6.74. The number of allylic oxidation sites excluding steroid dienone is 1. The highest BCUT2D eigenvalue weighted by Crippen LogP contribution is 2.14. The highest BCUT2D eigenvalue weighted by atomic mass is 16.5. The van der Waals surface area contributed by atoms with Crippen molar-refractivity contribution in [2.75, 3.05) is 0 Å². The van der Waals surface area contributed by atoms with E-state index in [4.69, 9.17) is 9.84 Å². The van der Waals surface area contributed by atoms with Gasteiger partial charge in [0.25, 0.3) is 0 Å². The van der Waals surface area contributed by atoms with Crippen LogP contribution >= 0.6 is 0 Å². The number of rotatable bonds is 6. The summed E-state index contributed by atoms with van der Waals surface area (Å²) in [7, 11) is 0. The third kappa shape index (κ3) is 5.76. The Kier molecular flexibility index (Phi) is 5.27. The third-order valence-corrected chi connectivity index (χ3v) is 2.09. The standard InChI is InChI=1S/C14H18O3/c1-11(2)17-13-9-7-12(8-10-13)5-3-4-6-14(15)16/h3,5,7-11H,4,6H2,1-2H3,(H,15,16). The van der Waals surface area contributed by atoms with Crippen molar-refractivity contribution in [3.05, 3.63) is 35.9 Å². The predicted octanol–water partition coefficient (Wildman–Crippen LogP) is 3.35. The first-order valence-electron chi connectivity index (χ1n) is 5.73. The molecule has 0 aliphatic rings. The number of ether oxygens (including phenoxy) is 1. The van der Waals surface area contributed by atoms with E-state index in [2.05, 4.69) is 0 Å². The minimum absolute atomic E-state index is 0.172. The summed E-state index contributed by atoms with van der Waals surface area (Å²) in [6.07, 6.45) is 4.69. The Morgan fingerprint density at radius 1 is 1.35 bits per heavy atom. The molecule has 1 aromatic carbocycles. The largest absolute Gasteiger partial charge is 0.491 e. The lowest BCUT2D eigenvalue weighted by molar-refractivity contribution is -0.136. The van der Waals surface area contributed by atoms with Gasteiger partial charge in [0.2, 0.25) is 0 Å². The van der Waals surface area contributed by atoms with Crippen molar-refractivity contribution in [2.45, 2.75) is 32.8 Å². The number of carboxylic acids is 1. The molecular weight excluding hydrogens is 216 g/mol. The molecular formula is C14H18O3. The van der Waals surface area contributed by atoms with Gasteiger partial charge in [0.1, 0.15) is 5.75 Å². The molecule has 0 spiro atoms. The van der Waals surface area contributed by atoms with Crippen molar-refractivity contribution in [1.82, 2.24) is 0 Å². The zero-order chi connectivity index (χ0) is 12.7. The Balaban J connectivity index is 2.47. The zero-order valence-electron chi connectivity index (χ0n) is 10.2. The van der Waals surface area contributed by atoms with Crippen molar-refractivity contribution in [3.63, 3.8) is 0 Å². The van der Waals surface area contributed by atoms with Crippen molar-refractivity contribution >= 4 is 12.0 Å². The van der Waals surface area contributed by atoms with Crippen LogP contribution in [0.5, 0.6) is 5.75 Å². The van der Waals surface area contributed by atoms with Crippen LogP contribution in [0.1, 0.15) is 32.3 Å². The van der Waals surface area contributed by atoms with Gasteiger partial charge < -0.3 is 9.84 Å². The average Bonchev–Trinajstić information content (AvgIpc) is 2.25. The Labute approximate surface area is 102 Å². The minimum Gasteiger partial charge on any atom is -0.491 e. The summed E-state index contributed by atoms with van der Waals surface area (Å²) >= 11 is 0. The van der Waals surface area contributed by atoms with E-state index in [1.54, 1.807) is 0 Å². The van der Waals surface area contributed by atoms with Crippen LogP contribution in [0.15, 0.2) is 30.3 Å². The third-order valence-electron chi connectivity index (χ3n) is 2.09. The molecule has 3 nitrogen and oxygen atoms in total. The fourth-order valence-electron chi connectivity index (χ4n) is 1.36. The zero-order valence-corrected chi connectivity index (χ0v) is 10.2. The summed E-state index contributed by atoms with van der Waals surface area (Å²) < 4.78 is 5.52. The number of benzene rings is 1. The quantitative estimate of drug-likeness (QED) is 0.821. The molecule has 0 radical (unpaired) electrons. The van der Waals surface area contributed by atoms with Gasteiger partial charge in [-0.1, -0.05) is 24.3 Å². The van der Waals surface area contributed by atoms with Gasteiger partial charge in [-0.15, -0.1) is 0 Å². The van der Waals surface area contributed by atoms with Crippen LogP contribution in [0.2, 0.25) is 0 Å². The van der Waals surface area contributed by atoms with E-state index in [1.165, 1.54) is 0 Å².